The molecule has 0 aliphatic heterocycles. The number of aromatic nitrogens is 2. The van der Waals surface area contributed by atoms with Gasteiger partial charge in [-0.1, -0.05) is 23.7 Å². The molecule has 2 aromatic carbocycles. The van der Waals surface area contributed by atoms with Crippen LogP contribution in [0.2, 0.25) is 5.02 Å². The highest BCUT2D eigenvalue weighted by atomic mass is 35.5. The molecule has 0 atom stereocenters. The minimum Gasteiger partial charge on any atom is -0.365 e. The van der Waals surface area contributed by atoms with Crippen LogP contribution in [0.3, 0.4) is 0 Å². The number of sulfone groups is 1. The topological polar surface area (TPSA) is 72.0 Å². The summed E-state index contributed by atoms with van der Waals surface area (Å²) in [4.78, 5) is 8.63. The SMILES string of the molecule is CS(=O)(=O)c1ccc2ncnc(NCc3ccc(Cl)cc3)c2c1. The predicted molar refractivity (Wildman–Crippen MR) is 91.4 cm³/mol. The van der Waals surface area contributed by atoms with Crippen molar-refractivity contribution < 1.29 is 8.42 Å². The molecule has 0 aliphatic carbocycles. The van der Waals surface area contributed by atoms with Gasteiger partial charge in [-0.05, 0) is 35.9 Å². The molecule has 3 rings (SSSR count). The number of rotatable bonds is 4. The normalized spacial score (nSPS) is 11.6. The van der Waals surface area contributed by atoms with Crippen LogP contribution in [0.1, 0.15) is 5.56 Å². The highest BCUT2D eigenvalue weighted by Gasteiger charge is 2.11. The van der Waals surface area contributed by atoms with Gasteiger partial charge in [0.05, 0.1) is 10.4 Å². The quantitative estimate of drug-likeness (QED) is 0.784. The average Bonchev–Trinajstić information content (AvgIpc) is 2.53. The fraction of sp³-hybridized carbons (Fsp3) is 0.125. The van der Waals surface area contributed by atoms with E-state index in [1.165, 1.54) is 12.6 Å². The van der Waals surface area contributed by atoms with Crippen LogP contribution in [-0.4, -0.2) is 24.6 Å². The first-order valence-corrected chi connectivity index (χ1v) is 9.13. The Kier molecular flexibility index (Phi) is 4.19. The fourth-order valence-corrected chi connectivity index (χ4v) is 2.97. The van der Waals surface area contributed by atoms with Crippen LogP contribution < -0.4 is 5.32 Å². The number of hydrogen-bond donors (Lipinski definition) is 1. The smallest absolute Gasteiger partial charge is 0.175 e. The molecule has 3 aromatic rings. The Morgan fingerprint density at radius 1 is 1.09 bits per heavy atom. The number of nitrogens with zero attached hydrogens (tertiary/aromatic N) is 2. The summed E-state index contributed by atoms with van der Waals surface area (Å²) in [6.07, 6.45) is 2.63. The molecule has 7 heteroatoms. The summed E-state index contributed by atoms with van der Waals surface area (Å²) in [6.45, 7) is 0.548. The van der Waals surface area contributed by atoms with Crippen molar-refractivity contribution in [3.8, 4) is 0 Å². The third-order valence-corrected chi connectivity index (χ3v) is 4.77. The van der Waals surface area contributed by atoms with Gasteiger partial charge in [-0.25, -0.2) is 18.4 Å². The molecule has 0 saturated carbocycles. The maximum Gasteiger partial charge on any atom is 0.175 e. The van der Waals surface area contributed by atoms with E-state index in [-0.39, 0.29) is 4.90 Å². The molecule has 0 saturated heterocycles. The van der Waals surface area contributed by atoms with E-state index in [0.717, 1.165) is 5.56 Å². The minimum absolute atomic E-state index is 0.245. The second-order valence-electron chi connectivity index (χ2n) is 5.15. The zero-order valence-electron chi connectivity index (χ0n) is 12.3. The Balaban J connectivity index is 1.95. The van der Waals surface area contributed by atoms with Crippen molar-refractivity contribution in [3.05, 3.63) is 59.4 Å². The van der Waals surface area contributed by atoms with Crippen molar-refractivity contribution in [3.63, 3.8) is 0 Å². The highest BCUT2D eigenvalue weighted by Crippen LogP contribution is 2.23. The van der Waals surface area contributed by atoms with Crippen molar-refractivity contribution in [2.24, 2.45) is 0 Å². The molecular weight excluding hydrogens is 334 g/mol. The lowest BCUT2D eigenvalue weighted by Crippen LogP contribution is -2.03. The summed E-state index contributed by atoms with van der Waals surface area (Å²) in [6, 6.07) is 12.3. The van der Waals surface area contributed by atoms with Gasteiger partial charge in [0.25, 0.3) is 0 Å². The van der Waals surface area contributed by atoms with E-state index in [0.29, 0.717) is 28.3 Å². The van der Waals surface area contributed by atoms with Gasteiger partial charge in [0.15, 0.2) is 9.84 Å². The number of fused-ring (bicyclic) bond motifs is 1. The number of nitrogens with one attached hydrogen (secondary N) is 1. The van der Waals surface area contributed by atoms with Crippen molar-refractivity contribution in [1.29, 1.82) is 0 Å². The molecule has 0 unspecified atom stereocenters. The number of benzene rings is 2. The molecule has 0 radical (unpaired) electrons. The number of hydrogen-bond acceptors (Lipinski definition) is 5. The molecule has 0 fully saturated rings. The first-order valence-electron chi connectivity index (χ1n) is 6.86. The van der Waals surface area contributed by atoms with E-state index in [2.05, 4.69) is 15.3 Å². The van der Waals surface area contributed by atoms with Gasteiger partial charge < -0.3 is 5.32 Å². The zero-order chi connectivity index (χ0) is 16.4. The van der Waals surface area contributed by atoms with Crippen LogP contribution in [0.15, 0.2) is 53.7 Å². The maximum absolute atomic E-state index is 11.7. The van der Waals surface area contributed by atoms with Gasteiger partial charge in [-0.2, -0.15) is 0 Å². The van der Waals surface area contributed by atoms with Crippen LogP contribution in [0, 0.1) is 0 Å². The van der Waals surface area contributed by atoms with Crippen LogP contribution in [0.25, 0.3) is 10.9 Å². The van der Waals surface area contributed by atoms with Crippen LogP contribution in [-0.2, 0) is 16.4 Å². The minimum atomic E-state index is -3.28. The van der Waals surface area contributed by atoms with E-state index in [1.807, 2.05) is 24.3 Å². The predicted octanol–water partition coefficient (Wildman–Crippen LogP) is 3.30. The highest BCUT2D eigenvalue weighted by molar-refractivity contribution is 7.90. The molecule has 0 aliphatic rings. The van der Waals surface area contributed by atoms with Crippen LogP contribution >= 0.6 is 11.6 Å². The summed E-state index contributed by atoms with van der Waals surface area (Å²) >= 11 is 5.87. The third-order valence-electron chi connectivity index (χ3n) is 3.41. The molecule has 1 aromatic heterocycles. The first-order chi connectivity index (χ1) is 10.9. The van der Waals surface area contributed by atoms with Crippen LogP contribution in [0.4, 0.5) is 5.82 Å². The molecule has 1 heterocycles. The average molecular weight is 348 g/mol. The first kappa shape index (κ1) is 15.7. The number of halogens is 1. The van der Waals surface area contributed by atoms with Crippen molar-refractivity contribution in [2.75, 3.05) is 11.6 Å². The van der Waals surface area contributed by atoms with Gasteiger partial charge in [0, 0.05) is 23.2 Å². The van der Waals surface area contributed by atoms with Gasteiger partial charge in [0.1, 0.15) is 12.1 Å². The third kappa shape index (κ3) is 3.60. The standard InChI is InChI=1S/C16H14ClN3O2S/c1-23(21,22)13-6-7-15-14(8-13)16(20-10-19-15)18-9-11-2-4-12(17)5-3-11/h2-8,10H,9H2,1H3,(H,18,19,20). The Morgan fingerprint density at radius 2 is 1.83 bits per heavy atom. The summed E-state index contributed by atoms with van der Waals surface area (Å²) in [5.74, 6) is 0.593. The van der Waals surface area contributed by atoms with E-state index < -0.39 is 9.84 Å². The Bertz CT molecular complexity index is 957. The van der Waals surface area contributed by atoms with Crippen molar-refractivity contribution in [1.82, 2.24) is 9.97 Å². The monoisotopic (exact) mass is 347 g/mol. The van der Waals surface area contributed by atoms with Gasteiger partial charge in [0.2, 0.25) is 0 Å². The summed E-state index contributed by atoms with van der Waals surface area (Å²) < 4.78 is 23.5. The Labute approximate surface area is 139 Å². The second kappa shape index (κ2) is 6.14. The molecule has 0 spiro atoms. The lowest BCUT2D eigenvalue weighted by Gasteiger charge is -2.09. The van der Waals surface area contributed by atoms with Crippen molar-refractivity contribution in [2.45, 2.75) is 11.4 Å². The summed E-state index contributed by atoms with van der Waals surface area (Å²) in [7, 11) is -3.28. The summed E-state index contributed by atoms with van der Waals surface area (Å²) in [5, 5.41) is 4.56. The van der Waals surface area contributed by atoms with E-state index >= 15 is 0 Å². The van der Waals surface area contributed by atoms with E-state index in [4.69, 9.17) is 11.6 Å². The number of anilines is 1. The molecule has 1 N–H and O–H groups in total. The van der Waals surface area contributed by atoms with E-state index in [9.17, 15) is 8.42 Å². The largest absolute Gasteiger partial charge is 0.365 e. The van der Waals surface area contributed by atoms with Gasteiger partial charge in [-0.3, -0.25) is 0 Å². The maximum atomic E-state index is 11.7. The Morgan fingerprint density at radius 3 is 2.52 bits per heavy atom. The second-order valence-corrected chi connectivity index (χ2v) is 7.61. The molecule has 0 bridgehead atoms. The van der Waals surface area contributed by atoms with E-state index in [1.54, 1.807) is 18.2 Å². The van der Waals surface area contributed by atoms with Crippen LogP contribution in [0.5, 0.6) is 0 Å². The molecular formula is C16H14ClN3O2S. The Hall–Kier alpha value is -2.18. The molecule has 118 valence electrons. The van der Waals surface area contributed by atoms with Gasteiger partial charge in [-0.15, -0.1) is 0 Å². The fourth-order valence-electron chi connectivity index (χ4n) is 2.20. The zero-order valence-corrected chi connectivity index (χ0v) is 13.9. The lowest BCUT2D eigenvalue weighted by molar-refractivity contribution is 0.602. The molecule has 23 heavy (non-hydrogen) atoms. The lowest BCUT2D eigenvalue weighted by atomic mass is 10.2. The molecule has 5 nitrogen and oxygen atoms in total. The van der Waals surface area contributed by atoms with Crippen molar-refractivity contribution >= 4 is 38.2 Å². The summed E-state index contributed by atoms with van der Waals surface area (Å²) in [5.41, 5.74) is 1.73. The molecule has 0 amide bonds. The van der Waals surface area contributed by atoms with Gasteiger partial charge >= 0.3 is 0 Å².